The molecule has 21 heavy (non-hydrogen) atoms. The molecule has 2 aromatic rings. The third-order valence-electron chi connectivity index (χ3n) is 2.89. The molecular formula is C15H12ClFN2O2. The van der Waals surface area contributed by atoms with Crippen molar-refractivity contribution in [3.05, 3.63) is 64.4 Å². The first kappa shape index (κ1) is 15.0. The predicted molar refractivity (Wildman–Crippen MR) is 79.8 cm³/mol. The van der Waals surface area contributed by atoms with Gasteiger partial charge in [0.05, 0.1) is 10.7 Å². The number of nitrogens with one attached hydrogen (secondary N) is 1. The summed E-state index contributed by atoms with van der Waals surface area (Å²) in [5.74, 6) is -1.08. The van der Waals surface area contributed by atoms with Gasteiger partial charge in [-0.15, -0.1) is 0 Å². The fourth-order valence-electron chi connectivity index (χ4n) is 1.69. The van der Waals surface area contributed by atoms with E-state index in [-0.39, 0.29) is 10.6 Å². The molecule has 0 atom stereocenters. The summed E-state index contributed by atoms with van der Waals surface area (Å²) >= 11 is 5.57. The van der Waals surface area contributed by atoms with E-state index in [0.717, 1.165) is 11.6 Å². The Morgan fingerprint density at radius 3 is 2.38 bits per heavy atom. The number of nitrogens with zero attached hydrogens (tertiary/aromatic N) is 1. The average molecular weight is 307 g/mol. The second-order valence-corrected chi connectivity index (χ2v) is 4.75. The zero-order valence-corrected chi connectivity index (χ0v) is 11.9. The van der Waals surface area contributed by atoms with E-state index in [0.29, 0.717) is 11.4 Å². The molecule has 0 unspecified atom stereocenters. The summed E-state index contributed by atoms with van der Waals surface area (Å²) < 4.78 is 13.3. The first-order valence-corrected chi connectivity index (χ1v) is 6.44. The Labute approximate surface area is 125 Å². The van der Waals surface area contributed by atoms with Crippen LogP contribution < -0.4 is 5.32 Å². The summed E-state index contributed by atoms with van der Waals surface area (Å²) in [5, 5.41) is 14.4. The van der Waals surface area contributed by atoms with Gasteiger partial charge in [0.1, 0.15) is 5.82 Å². The first-order valence-electron chi connectivity index (χ1n) is 6.07. The van der Waals surface area contributed by atoms with Gasteiger partial charge in [0.25, 0.3) is 5.91 Å². The molecule has 4 nitrogen and oxygen atoms in total. The average Bonchev–Trinajstić information content (AvgIpc) is 2.50. The van der Waals surface area contributed by atoms with Crippen molar-refractivity contribution >= 4 is 28.9 Å². The zero-order chi connectivity index (χ0) is 15.4. The lowest BCUT2D eigenvalue weighted by Gasteiger charge is -2.07. The number of hydrogen-bond donors (Lipinski definition) is 2. The second-order valence-electron chi connectivity index (χ2n) is 4.35. The van der Waals surface area contributed by atoms with Crippen LogP contribution in [-0.4, -0.2) is 16.8 Å². The van der Waals surface area contributed by atoms with Crippen molar-refractivity contribution in [3.63, 3.8) is 0 Å². The molecule has 0 aromatic heterocycles. The standard InChI is InChI=1S/C15H12ClFN2O2/c1-9(19-21)10-2-5-12(6-3-10)18-15(20)11-4-7-13(16)14(17)8-11/h2-8,21H,1H3,(H,18,20)/b19-9-. The van der Waals surface area contributed by atoms with Crippen molar-refractivity contribution in [1.82, 2.24) is 0 Å². The topological polar surface area (TPSA) is 61.7 Å². The van der Waals surface area contributed by atoms with Crippen molar-refractivity contribution in [2.45, 2.75) is 6.92 Å². The Morgan fingerprint density at radius 1 is 1.19 bits per heavy atom. The highest BCUT2D eigenvalue weighted by atomic mass is 35.5. The van der Waals surface area contributed by atoms with Crippen LogP contribution in [-0.2, 0) is 0 Å². The van der Waals surface area contributed by atoms with E-state index >= 15 is 0 Å². The maximum Gasteiger partial charge on any atom is 0.255 e. The smallest absolute Gasteiger partial charge is 0.255 e. The lowest BCUT2D eigenvalue weighted by molar-refractivity contribution is 0.102. The van der Waals surface area contributed by atoms with Gasteiger partial charge in [-0.1, -0.05) is 28.9 Å². The zero-order valence-electron chi connectivity index (χ0n) is 11.1. The van der Waals surface area contributed by atoms with Crippen molar-refractivity contribution in [2.24, 2.45) is 5.16 Å². The number of rotatable bonds is 3. The number of anilines is 1. The predicted octanol–water partition coefficient (Wildman–Crippen LogP) is 3.93. The lowest BCUT2D eigenvalue weighted by atomic mass is 10.1. The maximum atomic E-state index is 13.3. The molecule has 1 amide bonds. The molecule has 0 radical (unpaired) electrons. The number of carbonyl (C=O) groups excluding carboxylic acids is 1. The molecular weight excluding hydrogens is 295 g/mol. The summed E-state index contributed by atoms with van der Waals surface area (Å²) in [6.07, 6.45) is 0. The van der Waals surface area contributed by atoms with Crippen LogP contribution in [0.3, 0.4) is 0 Å². The lowest BCUT2D eigenvalue weighted by Crippen LogP contribution is -2.12. The fraction of sp³-hybridized carbons (Fsp3) is 0.0667. The summed E-state index contributed by atoms with van der Waals surface area (Å²) in [6, 6.07) is 10.6. The highest BCUT2D eigenvalue weighted by Gasteiger charge is 2.09. The molecule has 0 aliphatic carbocycles. The Morgan fingerprint density at radius 2 is 1.81 bits per heavy atom. The quantitative estimate of drug-likeness (QED) is 0.513. The van der Waals surface area contributed by atoms with E-state index in [9.17, 15) is 9.18 Å². The SMILES string of the molecule is C/C(=N/O)c1ccc(NC(=O)c2ccc(Cl)c(F)c2)cc1. The summed E-state index contributed by atoms with van der Waals surface area (Å²) in [5.41, 5.74) is 1.92. The largest absolute Gasteiger partial charge is 0.411 e. The number of benzene rings is 2. The molecule has 2 N–H and O–H groups in total. The van der Waals surface area contributed by atoms with Gasteiger partial charge in [0.15, 0.2) is 0 Å². The van der Waals surface area contributed by atoms with Crippen molar-refractivity contribution < 1.29 is 14.4 Å². The molecule has 0 fully saturated rings. The van der Waals surface area contributed by atoms with Gasteiger partial charge in [-0.25, -0.2) is 4.39 Å². The maximum absolute atomic E-state index is 13.3. The Kier molecular flexibility index (Phi) is 4.55. The molecule has 108 valence electrons. The molecule has 0 aliphatic rings. The van der Waals surface area contributed by atoms with E-state index in [1.807, 2.05) is 0 Å². The van der Waals surface area contributed by atoms with Crippen molar-refractivity contribution in [2.75, 3.05) is 5.32 Å². The summed E-state index contributed by atoms with van der Waals surface area (Å²) in [4.78, 5) is 12.0. The molecule has 0 spiro atoms. The molecule has 0 bridgehead atoms. The van der Waals surface area contributed by atoms with Crippen LogP contribution in [0.25, 0.3) is 0 Å². The molecule has 0 saturated carbocycles. The number of oxime groups is 1. The minimum atomic E-state index is -0.644. The van der Waals surface area contributed by atoms with Gasteiger partial charge in [-0.3, -0.25) is 4.79 Å². The monoisotopic (exact) mass is 306 g/mol. The molecule has 0 aliphatic heterocycles. The number of carbonyl (C=O) groups is 1. The summed E-state index contributed by atoms with van der Waals surface area (Å²) in [7, 11) is 0. The number of halogens is 2. The van der Waals surface area contributed by atoms with Crippen LogP contribution in [0, 0.1) is 5.82 Å². The van der Waals surface area contributed by atoms with Gasteiger partial charge < -0.3 is 10.5 Å². The van der Waals surface area contributed by atoms with Crippen molar-refractivity contribution in [1.29, 1.82) is 0 Å². The van der Waals surface area contributed by atoms with Crippen LogP contribution in [0.4, 0.5) is 10.1 Å². The van der Waals surface area contributed by atoms with Gasteiger partial charge in [-0.2, -0.15) is 0 Å². The second kappa shape index (κ2) is 6.37. The Hall–Kier alpha value is -2.40. The van der Waals surface area contributed by atoms with Crippen LogP contribution in [0.5, 0.6) is 0 Å². The van der Waals surface area contributed by atoms with Crippen molar-refractivity contribution in [3.8, 4) is 0 Å². The number of hydrogen-bond acceptors (Lipinski definition) is 3. The van der Waals surface area contributed by atoms with E-state index < -0.39 is 11.7 Å². The van der Waals surface area contributed by atoms with Crippen LogP contribution in [0.1, 0.15) is 22.8 Å². The number of amides is 1. The van der Waals surface area contributed by atoms with E-state index in [4.69, 9.17) is 16.8 Å². The van der Waals surface area contributed by atoms with E-state index in [2.05, 4.69) is 10.5 Å². The highest BCUT2D eigenvalue weighted by Crippen LogP contribution is 2.17. The van der Waals surface area contributed by atoms with Gasteiger partial charge >= 0.3 is 0 Å². The third-order valence-corrected chi connectivity index (χ3v) is 3.20. The molecule has 0 saturated heterocycles. The van der Waals surface area contributed by atoms with E-state index in [1.54, 1.807) is 31.2 Å². The minimum Gasteiger partial charge on any atom is -0.411 e. The molecule has 0 heterocycles. The van der Waals surface area contributed by atoms with E-state index in [1.165, 1.54) is 12.1 Å². The van der Waals surface area contributed by atoms with Gasteiger partial charge in [0, 0.05) is 11.3 Å². The van der Waals surface area contributed by atoms with Gasteiger partial charge in [-0.05, 0) is 42.8 Å². The third kappa shape index (κ3) is 3.58. The molecule has 2 aromatic carbocycles. The van der Waals surface area contributed by atoms with Crippen LogP contribution in [0.2, 0.25) is 5.02 Å². The molecule has 2 rings (SSSR count). The van der Waals surface area contributed by atoms with Crippen LogP contribution >= 0.6 is 11.6 Å². The normalized spacial score (nSPS) is 11.3. The van der Waals surface area contributed by atoms with Crippen LogP contribution in [0.15, 0.2) is 47.6 Å². The summed E-state index contributed by atoms with van der Waals surface area (Å²) in [6.45, 7) is 1.66. The highest BCUT2D eigenvalue weighted by molar-refractivity contribution is 6.30. The van der Waals surface area contributed by atoms with Gasteiger partial charge in [0.2, 0.25) is 0 Å². The Bertz CT molecular complexity index is 699. The minimum absolute atomic E-state index is 0.0327. The Balaban J connectivity index is 2.14. The molecule has 6 heteroatoms. The fourth-order valence-corrected chi connectivity index (χ4v) is 1.81. The first-order chi connectivity index (χ1) is 10.0.